The van der Waals surface area contributed by atoms with Gasteiger partial charge in [-0.05, 0) is 12.1 Å². The second-order valence-corrected chi connectivity index (χ2v) is 5.17. The van der Waals surface area contributed by atoms with E-state index in [-0.39, 0.29) is 6.54 Å². The summed E-state index contributed by atoms with van der Waals surface area (Å²) in [5.74, 6) is 0.0469. The quantitative estimate of drug-likeness (QED) is 0.884. The molecule has 0 spiro atoms. The lowest BCUT2D eigenvalue weighted by molar-refractivity contribution is -0.139. The Morgan fingerprint density at radius 1 is 1.35 bits per heavy atom. The summed E-state index contributed by atoms with van der Waals surface area (Å²) in [7, 11) is 0. The Labute approximate surface area is 131 Å². The maximum atomic E-state index is 12.0. The Bertz CT molecular complexity index is 591. The number of carbonyl (C=O) groups is 1. The molecule has 0 aromatic carbocycles. The van der Waals surface area contributed by atoms with Crippen molar-refractivity contribution in [3.05, 3.63) is 23.9 Å². The van der Waals surface area contributed by atoms with Crippen molar-refractivity contribution in [2.24, 2.45) is 0 Å². The molecule has 0 radical (unpaired) electrons. The summed E-state index contributed by atoms with van der Waals surface area (Å²) in [5.41, 5.74) is 0.518. The minimum Gasteiger partial charge on any atom is -0.354 e. The molecule has 1 aromatic heterocycles. The number of pyridine rings is 1. The van der Waals surface area contributed by atoms with Gasteiger partial charge < -0.3 is 10.2 Å². The largest absolute Gasteiger partial charge is 0.405 e. The molecule has 1 N–H and O–H groups in total. The number of hydrogen-bond acceptors (Lipinski definition) is 5. The zero-order chi connectivity index (χ0) is 16.9. The number of nitrogens with zero attached hydrogens (tertiary/aromatic N) is 4. The maximum Gasteiger partial charge on any atom is 0.405 e. The molecular formula is C14H16F3N5O. The fraction of sp³-hybridized carbons (Fsp3) is 0.500. The molecule has 124 valence electrons. The molecule has 1 amide bonds. The van der Waals surface area contributed by atoms with Crippen molar-refractivity contribution >= 4 is 11.7 Å². The van der Waals surface area contributed by atoms with Gasteiger partial charge in [-0.25, -0.2) is 4.98 Å². The Kier molecular flexibility index (Phi) is 5.39. The molecule has 0 unspecified atom stereocenters. The van der Waals surface area contributed by atoms with Crippen LogP contribution in [-0.4, -0.2) is 61.2 Å². The molecule has 1 aliphatic heterocycles. The van der Waals surface area contributed by atoms with E-state index in [0.717, 1.165) is 0 Å². The Hall–Kier alpha value is -2.34. The van der Waals surface area contributed by atoms with Gasteiger partial charge in [-0.2, -0.15) is 18.4 Å². The third-order valence-corrected chi connectivity index (χ3v) is 3.42. The number of alkyl halides is 3. The summed E-state index contributed by atoms with van der Waals surface area (Å²) in [6.45, 7) is 0.894. The molecule has 23 heavy (non-hydrogen) atoms. The van der Waals surface area contributed by atoms with Crippen LogP contribution in [0.15, 0.2) is 18.3 Å². The molecule has 1 aromatic rings. The lowest BCUT2D eigenvalue weighted by Crippen LogP contribution is -2.50. The minimum atomic E-state index is -4.40. The van der Waals surface area contributed by atoms with E-state index >= 15 is 0 Å². The first-order valence-corrected chi connectivity index (χ1v) is 7.04. The van der Waals surface area contributed by atoms with Gasteiger partial charge in [-0.3, -0.25) is 9.69 Å². The number of amides is 1. The van der Waals surface area contributed by atoms with Gasteiger partial charge in [-0.15, -0.1) is 0 Å². The zero-order valence-electron chi connectivity index (χ0n) is 12.3. The second kappa shape index (κ2) is 7.28. The van der Waals surface area contributed by atoms with Gasteiger partial charge in [0.2, 0.25) is 5.91 Å². The van der Waals surface area contributed by atoms with E-state index in [2.05, 4.69) is 4.98 Å². The number of aromatic nitrogens is 1. The summed E-state index contributed by atoms with van der Waals surface area (Å²) in [4.78, 5) is 19.4. The monoisotopic (exact) mass is 327 g/mol. The normalized spacial score (nSPS) is 16.0. The van der Waals surface area contributed by atoms with Crippen LogP contribution in [-0.2, 0) is 4.79 Å². The summed E-state index contributed by atoms with van der Waals surface area (Å²) in [6, 6.07) is 5.35. The van der Waals surface area contributed by atoms with E-state index in [0.29, 0.717) is 37.6 Å². The number of hydrogen-bond donors (Lipinski definition) is 1. The van der Waals surface area contributed by atoms with E-state index in [4.69, 9.17) is 5.26 Å². The molecule has 0 bridgehead atoms. The third kappa shape index (κ3) is 5.41. The molecule has 9 heteroatoms. The predicted octanol–water partition coefficient (Wildman–Crippen LogP) is 0.754. The van der Waals surface area contributed by atoms with Crippen LogP contribution in [0.4, 0.5) is 19.0 Å². The lowest BCUT2D eigenvalue weighted by atomic mass is 10.2. The first-order valence-electron chi connectivity index (χ1n) is 7.04. The van der Waals surface area contributed by atoms with Gasteiger partial charge in [0.25, 0.3) is 0 Å². The standard InChI is InChI=1S/C14H16F3N5O/c15-14(16,17)10-20-13(23)9-21-3-5-22(6-4-21)12-7-11(8-18)1-2-19-12/h1-2,7H,3-6,9-10H2,(H,20,23). The third-order valence-electron chi connectivity index (χ3n) is 3.42. The molecule has 2 rings (SSSR count). The van der Waals surface area contributed by atoms with Gasteiger partial charge in [0.1, 0.15) is 12.4 Å². The van der Waals surface area contributed by atoms with E-state index in [1.54, 1.807) is 23.2 Å². The molecule has 6 nitrogen and oxygen atoms in total. The number of nitrogens with one attached hydrogen (secondary N) is 1. The van der Waals surface area contributed by atoms with Crippen molar-refractivity contribution in [2.45, 2.75) is 6.18 Å². The van der Waals surface area contributed by atoms with Crippen molar-refractivity contribution in [1.82, 2.24) is 15.2 Å². The maximum absolute atomic E-state index is 12.0. The first-order chi connectivity index (χ1) is 10.9. The molecule has 1 saturated heterocycles. The van der Waals surface area contributed by atoms with E-state index < -0.39 is 18.6 Å². The van der Waals surface area contributed by atoms with Gasteiger partial charge in [0, 0.05) is 32.4 Å². The SMILES string of the molecule is N#Cc1ccnc(N2CCN(CC(=O)NCC(F)(F)F)CC2)c1. The molecular weight excluding hydrogens is 311 g/mol. The number of halogens is 3. The van der Waals surface area contributed by atoms with Crippen molar-refractivity contribution in [1.29, 1.82) is 5.26 Å². The average Bonchev–Trinajstić information content (AvgIpc) is 2.53. The van der Waals surface area contributed by atoms with Crippen LogP contribution in [0.25, 0.3) is 0 Å². The molecule has 1 fully saturated rings. The van der Waals surface area contributed by atoms with Gasteiger partial charge in [0.05, 0.1) is 18.2 Å². The summed E-state index contributed by atoms with van der Waals surface area (Å²) in [5, 5.41) is 10.7. The highest BCUT2D eigenvalue weighted by Crippen LogP contribution is 2.15. The number of piperazine rings is 1. The van der Waals surface area contributed by atoms with Crippen LogP contribution in [0, 0.1) is 11.3 Å². The highest BCUT2D eigenvalue weighted by molar-refractivity contribution is 5.78. The topological polar surface area (TPSA) is 72.3 Å². The summed E-state index contributed by atoms with van der Waals surface area (Å²) < 4.78 is 36.1. The second-order valence-electron chi connectivity index (χ2n) is 5.17. The van der Waals surface area contributed by atoms with E-state index in [1.807, 2.05) is 16.3 Å². The first kappa shape index (κ1) is 17.0. The fourth-order valence-electron chi connectivity index (χ4n) is 2.25. The molecule has 0 saturated carbocycles. The van der Waals surface area contributed by atoms with E-state index in [9.17, 15) is 18.0 Å². The Morgan fingerprint density at radius 3 is 2.65 bits per heavy atom. The number of rotatable bonds is 4. The smallest absolute Gasteiger partial charge is 0.354 e. The van der Waals surface area contributed by atoms with Crippen LogP contribution < -0.4 is 10.2 Å². The highest BCUT2D eigenvalue weighted by atomic mass is 19.4. The molecule has 0 atom stereocenters. The van der Waals surface area contributed by atoms with Crippen molar-refractivity contribution in [3.63, 3.8) is 0 Å². The van der Waals surface area contributed by atoms with Gasteiger partial charge in [-0.1, -0.05) is 0 Å². The zero-order valence-corrected chi connectivity index (χ0v) is 12.3. The van der Waals surface area contributed by atoms with Crippen LogP contribution in [0.3, 0.4) is 0 Å². The minimum absolute atomic E-state index is 0.0599. The Balaban J connectivity index is 1.80. The predicted molar refractivity (Wildman–Crippen MR) is 76.7 cm³/mol. The van der Waals surface area contributed by atoms with Crippen molar-refractivity contribution in [3.8, 4) is 6.07 Å². The van der Waals surface area contributed by atoms with Crippen LogP contribution >= 0.6 is 0 Å². The Morgan fingerprint density at radius 2 is 2.04 bits per heavy atom. The number of anilines is 1. The van der Waals surface area contributed by atoms with Gasteiger partial charge in [0.15, 0.2) is 0 Å². The number of nitriles is 1. The number of carbonyl (C=O) groups excluding carboxylic acids is 1. The van der Waals surface area contributed by atoms with Crippen LogP contribution in [0.1, 0.15) is 5.56 Å². The van der Waals surface area contributed by atoms with Crippen molar-refractivity contribution < 1.29 is 18.0 Å². The molecule has 2 heterocycles. The molecule has 0 aliphatic carbocycles. The summed E-state index contributed by atoms with van der Waals surface area (Å²) in [6.07, 6.45) is -2.84. The van der Waals surface area contributed by atoms with Crippen LogP contribution in [0.2, 0.25) is 0 Å². The van der Waals surface area contributed by atoms with Crippen molar-refractivity contribution in [2.75, 3.05) is 44.2 Å². The fourth-order valence-corrected chi connectivity index (χ4v) is 2.25. The van der Waals surface area contributed by atoms with Crippen LogP contribution in [0.5, 0.6) is 0 Å². The highest BCUT2D eigenvalue weighted by Gasteiger charge is 2.28. The van der Waals surface area contributed by atoms with E-state index in [1.165, 1.54) is 0 Å². The lowest BCUT2D eigenvalue weighted by Gasteiger charge is -2.35. The van der Waals surface area contributed by atoms with Gasteiger partial charge >= 0.3 is 6.18 Å². The summed E-state index contributed by atoms with van der Waals surface area (Å²) >= 11 is 0. The molecule has 1 aliphatic rings. The average molecular weight is 327 g/mol.